The first-order chi connectivity index (χ1) is 17.2. The molecule has 5 heterocycles. The maximum Gasteiger partial charge on any atom is 0.277 e. The molecule has 4 aromatic heterocycles. The zero-order valence-corrected chi connectivity index (χ0v) is 20.3. The fourth-order valence-corrected chi connectivity index (χ4v) is 4.40. The van der Waals surface area contributed by atoms with Gasteiger partial charge in [0, 0.05) is 36.6 Å². The van der Waals surface area contributed by atoms with Crippen LogP contribution in [-0.2, 0) is 19.4 Å². The van der Waals surface area contributed by atoms with E-state index in [4.69, 9.17) is 19.2 Å². The Morgan fingerprint density at radius 3 is 2.81 bits per heavy atom. The molecule has 186 valence electrons. The number of aromatic nitrogens is 6. The highest BCUT2D eigenvalue weighted by Crippen LogP contribution is 2.29. The lowest BCUT2D eigenvalue weighted by Crippen LogP contribution is -2.35. The Balaban J connectivity index is 0.00000267. The van der Waals surface area contributed by atoms with Crippen molar-refractivity contribution in [2.75, 3.05) is 20.3 Å². The normalized spacial score (nSPS) is 16.2. The van der Waals surface area contributed by atoms with Crippen LogP contribution in [-0.4, -0.2) is 55.9 Å². The number of rotatable bonds is 5. The van der Waals surface area contributed by atoms with E-state index in [9.17, 15) is 4.79 Å². The molecule has 11 nitrogen and oxygen atoms in total. The topological polar surface area (TPSA) is 126 Å². The Kier molecular flexibility index (Phi) is 6.66. The van der Waals surface area contributed by atoms with E-state index in [2.05, 4.69) is 25.3 Å². The number of nitrogens with one attached hydrogen (secondary N) is 1. The molecule has 1 aliphatic carbocycles. The number of nitrogens with zero attached hydrogens (tertiary/aromatic N) is 6. The summed E-state index contributed by atoms with van der Waals surface area (Å²) in [7, 11) is 1.52. The summed E-state index contributed by atoms with van der Waals surface area (Å²) in [5.74, 6) is 2.10. The van der Waals surface area contributed by atoms with Gasteiger partial charge in [0.25, 0.3) is 5.56 Å². The van der Waals surface area contributed by atoms with Gasteiger partial charge in [-0.05, 0) is 30.9 Å². The standard InChI is InChI=1S/C24H23N7O4.ClH/c1-33-21-5-4-18-23(30-21)31(22(32)13-27-18)24-28-10-14-8-15(2-3-17(14)29-24)25-11-16-9-19-20(12-26-16)35-7-6-34-19;/h4-5,9-10,12-13,15,25H,2-3,6-8,11H2,1H3;1H. The Hall–Kier alpha value is -3.83. The van der Waals surface area contributed by atoms with Crippen molar-refractivity contribution in [1.29, 1.82) is 0 Å². The van der Waals surface area contributed by atoms with Crippen LogP contribution in [0.25, 0.3) is 17.1 Å². The second kappa shape index (κ2) is 10.0. The van der Waals surface area contributed by atoms with Gasteiger partial charge in [0.2, 0.25) is 11.8 Å². The third-order valence-corrected chi connectivity index (χ3v) is 6.18. The second-order valence-corrected chi connectivity index (χ2v) is 8.41. The number of halogens is 1. The van der Waals surface area contributed by atoms with Crippen molar-refractivity contribution in [1.82, 2.24) is 34.8 Å². The maximum atomic E-state index is 12.7. The first-order valence-corrected chi connectivity index (χ1v) is 11.4. The molecule has 12 heteroatoms. The summed E-state index contributed by atoms with van der Waals surface area (Å²) >= 11 is 0. The lowest BCUT2D eigenvalue weighted by atomic mass is 9.93. The monoisotopic (exact) mass is 509 g/mol. The smallest absolute Gasteiger partial charge is 0.277 e. The first kappa shape index (κ1) is 23.9. The van der Waals surface area contributed by atoms with Crippen molar-refractivity contribution in [2.24, 2.45) is 0 Å². The molecular formula is C24H24ClN7O4. The molecule has 0 saturated carbocycles. The van der Waals surface area contributed by atoms with Gasteiger partial charge in [-0.3, -0.25) is 9.78 Å². The van der Waals surface area contributed by atoms with E-state index >= 15 is 0 Å². The summed E-state index contributed by atoms with van der Waals surface area (Å²) in [4.78, 5) is 34.9. The molecule has 0 amide bonds. The van der Waals surface area contributed by atoms with E-state index in [0.29, 0.717) is 42.6 Å². The summed E-state index contributed by atoms with van der Waals surface area (Å²) in [6.07, 6.45) is 7.24. The Morgan fingerprint density at radius 1 is 1.08 bits per heavy atom. The molecule has 0 saturated heterocycles. The van der Waals surface area contributed by atoms with Crippen molar-refractivity contribution in [3.05, 3.63) is 64.1 Å². The number of pyridine rings is 2. The highest BCUT2D eigenvalue weighted by molar-refractivity contribution is 5.85. The lowest BCUT2D eigenvalue weighted by Gasteiger charge is -2.25. The first-order valence-electron chi connectivity index (χ1n) is 11.4. The zero-order chi connectivity index (χ0) is 23.8. The number of ether oxygens (including phenoxy) is 3. The number of hydrogen-bond donors (Lipinski definition) is 1. The molecule has 6 rings (SSSR count). The fraction of sp³-hybridized carbons (Fsp3) is 0.333. The van der Waals surface area contributed by atoms with Crippen molar-refractivity contribution in [3.63, 3.8) is 0 Å². The summed E-state index contributed by atoms with van der Waals surface area (Å²) < 4.78 is 17.8. The lowest BCUT2D eigenvalue weighted by molar-refractivity contribution is 0.170. The molecule has 1 N–H and O–H groups in total. The van der Waals surface area contributed by atoms with Crippen LogP contribution in [0.3, 0.4) is 0 Å². The molecular weight excluding hydrogens is 486 g/mol. The molecule has 4 aromatic rings. The molecule has 0 fully saturated rings. The van der Waals surface area contributed by atoms with Crippen LogP contribution in [0.4, 0.5) is 0 Å². The quantitative estimate of drug-likeness (QED) is 0.425. The van der Waals surface area contributed by atoms with Gasteiger partial charge in [-0.25, -0.2) is 19.5 Å². The van der Waals surface area contributed by atoms with E-state index in [-0.39, 0.29) is 30.0 Å². The second-order valence-electron chi connectivity index (χ2n) is 8.41. The van der Waals surface area contributed by atoms with Gasteiger partial charge < -0.3 is 19.5 Å². The molecule has 1 unspecified atom stereocenters. The highest BCUT2D eigenvalue weighted by atomic mass is 35.5. The third-order valence-electron chi connectivity index (χ3n) is 6.18. The van der Waals surface area contributed by atoms with Crippen molar-refractivity contribution in [2.45, 2.75) is 31.8 Å². The molecule has 0 spiro atoms. The van der Waals surface area contributed by atoms with E-state index in [1.54, 1.807) is 24.5 Å². The minimum atomic E-state index is -0.347. The van der Waals surface area contributed by atoms with Crippen LogP contribution < -0.4 is 25.1 Å². The van der Waals surface area contributed by atoms with Crippen LogP contribution in [0.1, 0.15) is 23.4 Å². The molecule has 0 radical (unpaired) electrons. The van der Waals surface area contributed by atoms with E-state index in [1.165, 1.54) is 17.9 Å². The highest BCUT2D eigenvalue weighted by Gasteiger charge is 2.22. The van der Waals surface area contributed by atoms with E-state index in [1.807, 2.05) is 6.07 Å². The molecule has 1 aliphatic heterocycles. The average Bonchev–Trinajstić information content (AvgIpc) is 2.91. The Morgan fingerprint density at radius 2 is 1.94 bits per heavy atom. The molecule has 0 bridgehead atoms. The number of fused-ring (bicyclic) bond motifs is 3. The fourth-order valence-electron chi connectivity index (χ4n) is 4.40. The van der Waals surface area contributed by atoms with Crippen molar-refractivity contribution < 1.29 is 14.2 Å². The number of hydrogen-bond acceptors (Lipinski definition) is 10. The van der Waals surface area contributed by atoms with Crippen LogP contribution in [0, 0.1) is 0 Å². The summed E-state index contributed by atoms with van der Waals surface area (Å²) in [5, 5.41) is 3.58. The predicted octanol–water partition coefficient (Wildman–Crippen LogP) is 1.81. The van der Waals surface area contributed by atoms with Gasteiger partial charge in [-0.1, -0.05) is 0 Å². The van der Waals surface area contributed by atoms with Crippen LogP contribution in [0.5, 0.6) is 17.4 Å². The van der Waals surface area contributed by atoms with Crippen molar-refractivity contribution >= 4 is 23.6 Å². The van der Waals surface area contributed by atoms with Gasteiger partial charge in [0.1, 0.15) is 18.7 Å². The largest absolute Gasteiger partial charge is 0.486 e. The molecule has 0 aromatic carbocycles. The predicted molar refractivity (Wildman–Crippen MR) is 132 cm³/mol. The van der Waals surface area contributed by atoms with Gasteiger partial charge in [0.15, 0.2) is 17.1 Å². The van der Waals surface area contributed by atoms with E-state index < -0.39 is 0 Å². The third kappa shape index (κ3) is 4.54. The van der Waals surface area contributed by atoms with Crippen LogP contribution >= 0.6 is 12.4 Å². The molecule has 1 atom stereocenters. The molecule has 2 aliphatic rings. The number of methoxy groups -OCH3 is 1. The van der Waals surface area contributed by atoms with E-state index in [0.717, 1.165) is 42.0 Å². The summed E-state index contributed by atoms with van der Waals surface area (Å²) in [6, 6.07) is 5.64. The van der Waals surface area contributed by atoms with Gasteiger partial charge in [-0.15, -0.1) is 12.4 Å². The molecule has 36 heavy (non-hydrogen) atoms. The Labute approximate surface area is 212 Å². The van der Waals surface area contributed by atoms with Gasteiger partial charge in [-0.2, -0.15) is 4.98 Å². The minimum absolute atomic E-state index is 0. The van der Waals surface area contributed by atoms with Crippen LogP contribution in [0.15, 0.2) is 41.6 Å². The number of aryl methyl sites for hydroxylation is 1. The van der Waals surface area contributed by atoms with Gasteiger partial charge >= 0.3 is 0 Å². The average molecular weight is 510 g/mol. The van der Waals surface area contributed by atoms with Crippen molar-refractivity contribution in [3.8, 4) is 23.3 Å². The van der Waals surface area contributed by atoms with Gasteiger partial charge in [0.05, 0.1) is 25.2 Å². The summed E-state index contributed by atoms with van der Waals surface area (Å²) in [6.45, 7) is 1.73. The van der Waals surface area contributed by atoms with Crippen LogP contribution in [0.2, 0.25) is 0 Å². The maximum absolute atomic E-state index is 12.7. The Bertz CT molecular complexity index is 1480. The SMILES string of the molecule is COc1ccc2ncc(=O)n(-c3ncc4c(n3)CCC(NCc3cc5c(cn3)OCCO5)C4)c2n1.Cl. The summed E-state index contributed by atoms with van der Waals surface area (Å²) in [5.41, 5.74) is 3.47. The minimum Gasteiger partial charge on any atom is -0.486 e. The zero-order valence-electron chi connectivity index (χ0n) is 19.5.